The molecule has 0 saturated carbocycles. The van der Waals surface area contributed by atoms with Crippen molar-refractivity contribution >= 4 is 34.7 Å². The van der Waals surface area contributed by atoms with Crippen LogP contribution in [0.2, 0.25) is 5.02 Å². The molecule has 1 atom stereocenters. The topological polar surface area (TPSA) is 41.6 Å². The third-order valence-corrected chi connectivity index (χ3v) is 5.55. The predicted molar refractivity (Wildman–Crippen MR) is 121 cm³/mol. The maximum atomic E-state index is 12.6. The summed E-state index contributed by atoms with van der Waals surface area (Å²) in [5, 5.41) is 4.68. The lowest BCUT2D eigenvalue weighted by Crippen LogP contribution is -2.47. The lowest BCUT2D eigenvalue weighted by atomic mass is 9.92. The summed E-state index contributed by atoms with van der Waals surface area (Å²) in [5.41, 5.74) is 3.53. The minimum atomic E-state index is -0.338. The number of carbonyl (C=O) groups is 1. The Morgan fingerprint density at radius 3 is 2.55 bits per heavy atom. The normalized spacial score (nSPS) is 16.6. The van der Waals surface area contributed by atoms with Gasteiger partial charge in [-0.25, -0.2) is 0 Å². The molecule has 2 aromatic rings. The highest BCUT2D eigenvalue weighted by atomic mass is 35.5. The number of hydrogen-bond donors (Lipinski definition) is 1. The minimum absolute atomic E-state index is 0.0242. The van der Waals surface area contributed by atoms with E-state index in [1.54, 1.807) is 6.92 Å². The average molecular weight is 429 g/mol. The Morgan fingerprint density at radius 2 is 1.90 bits per heavy atom. The highest BCUT2D eigenvalue weighted by molar-refractivity contribution is 7.80. The van der Waals surface area contributed by atoms with Crippen LogP contribution in [0.4, 0.5) is 0 Å². The first-order valence-corrected chi connectivity index (χ1v) is 10.5. The van der Waals surface area contributed by atoms with Crippen LogP contribution in [0.25, 0.3) is 0 Å². The molecule has 1 heterocycles. The number of nitrogens with one attached hydrogen (secondary N) is 1. The lowest BCUT2D eigenvalue weighted by Gasteiger charge is -2.38. The standard InChI is InChI=1S/C23H25ClN2O2S/c1-4-13-26-15(2)21(16(3)27)22(25-23(26)29)19-7-5-6-8-20(19)28-14-17-9-11-18(24)12-10-17/h5-12,22H,4,13-14H2,1-3H3,(H,25,29). The second-order valence-electron chi connectivity index (χ2n) is 7.04. The molecule has 6 heteroatoms. The molecule has 29 heavy (non-hydrogen) atoms. The third-order valence-electron chi connectivity index (χ3n) is 4.96. The molecule has 0 aromatic heterocycles. The van der Waals surface area contributed by atoms with Gasteiger partial charge in [0.1, 0.15) is 12.4 Å². The van der Waals surface area contributed by atoms with Crippen LogP contribution in [0.3, 0.4) is 0 Å². The average Bonchev–Trinajstić information content (AvgIpc) is 2.70. The molecule has 0 radical (unpaired) electrons. The lowest BCUT2D eigenvalue weighted by molar-refractivity contribution is -0.114. The van der Waals surface area contributed by atoms with Gasteiger partial charge in [-0.2, -0.15) is 0 Å². The summed E-state index contributed by atoms with van der Waals surface area (Å²) in [7, 11) is 0. The number of para-hydroxylation sites is 1. The number of hydrogen-bond acceptors (Lipinski definition) is 3. The zero-order valence-electron chi connectivity index (χ0n) is 16.9. The summed E-state index contributed by atoms with van der Waals surface area (Å²) in [6.45, 7) is 6.84. The van der Waals surface area contributed by atoms with Crippen molar-refractivity contribution in [1.82, 2.24) is 10.2 Å². The Bertz CT molecular complexity index is 940. The zero-order chi connectivity index (χ0) is 21.0. The van der Waals surface area contributed by atoms with Gasteiger partial charge in [0.05, 0.1) is 6.04 Å². The van der Waals surface area contributed by atoms with Crippen LogP contribution in [0.15, 0.2) is 59.8 Å². The number of benzene rings is 2. The van der Waals surface area contributed by atoms with Crippen molar-refractivity contribution in [2.75, 3.05) is 6.54 Å². The highest BCUT2D eigenvalue weighted by Gasteiger charge is 2.33. The molecule has 1 N–H and O–H groups in total. The van der Waals surface area contributed by atoms with Gasteiger partial charge in [0.25, 0.3) is 0 Å². The van der Waals surface area contributed by atoms with Crippen molar-refractivity contribution in [3.8, 4) is 5.75 Å². The first-order chi connectivity index (χ1) is 13.9. The van der Waals surface area contributed by atoms with Crippen LogP contribution in [-0.2, 0) is 11.4 Å². The van der Waals surface area contributed by atoms with Crippen molar-refractivity contribution in [2.24, 2.45) is 0 Å². The van der Waals surface area contributed by atoms with Crippen LogP contribution in [0.5, 0.6) is 5.75 Å². The SMILES string of the molecule is CCCN1C(=S)NC(c2ccccc2OCc2ccc(Cl)cc2)C(C(C)=O)=C1C. The third kappa shape index (κ3) is 4.80. The van der Waals surface area contributed by atoms with Gasteiger partial charge in [-0.05, 0) is 56.2 Å². The largest absolute Gasteiger partial charge is 0.489 e. The van der Waals surface area contributed by atoms with Crippen LogP contribution in [0, 0.1) is 0 Å². The Hall–Kier alpha value is -2.37. The van der Waals surface area contributed by atoms with E-state index in [0.29, 0.717) is 16.7 Å². The molecule has 4 nitrogen and oxygen atoms in total. The molecule has 0 aliphatic carbocycles. The molecule has 0 saturated heterocycles. The fourth-order valence-electron chi connectivity index (χ4n) is 3.56. The second-order valence-corrected chi connectivity index (χ2v) is 7.87. The number of carbonyl (C=O) groups excluding carboxylic acids is 1. The molecule has 3 rings (SSSR count). The number of ether oxygens (including phenoxy) is 1. The summed E-state index contributed by atoms with van der Waals surface area (Å²) in [4.78, 5) is 14.6. The summed E-state index contributed by atoms with van der Waals surface area (Å²) < 4.78 is 6.12. The Kier molecular flexibility index (Phi) is 6.93. The summed E-state index contributed by atoms with van der Waals surface area (Å²) in [6, 6.07) is 15.0. The van der Waals surface area contributed by atoms with Crippen LogP contribution >= 0.6 is 23.8 Å². The molecule has 1 aliphatic heterocycles. The first-order valence-electron chi connectivity index (χ1n) is 9.68. The maximum absolute atomic E-state index is 12.6. The first kappa shape index (κ1) is 21.3. The van der Waals surface area contributed by atoms with Gasteiger partial charge in [0.15, 0.2) is 10.9 Å². The smallest absolute Gasteiger partial charge is 0.173 e. The van der Waals surface area contributed by atoms with E-state index in [1.165, 1.54) is 0 Å². The summed E-state index contributed by atoms with van der Waals surface area (Å²) in [5.74, 6) is 0.745. The number of thiocarbonyl (C=S) groups is 1. The Morgan fingerprint density at radius 1 is 1.21 bits per heavy atom. The van der Waals surface area contributed by atoms with Crippen molar-refractivity contribution in [1.29, 1.82) is 0 Å². The molecule has 152 valence electrons. The monoisotopic (exact) mass is 428 g/mol. The number of ketones is 1. The quantitative estimate of drug-likeness (QED) is 0.596. The van der Waals surface area contributed by atoms with Gasteiger partial charge in [0.2, 0.25) is 0 Å². The van der Waals surface area contributed by atoms with E-state index in [1.807, 2.05) is 60.4 Å². The van der Waals surface area contributed by atoms with Gasteiger partial charge in [0, 0.05) is 28.4 Å². The van der Waals surface area contributed by atoms with E-state index in [4.69, 9.17) is 28.6 Å². The molecular weight excluding hydrogens is 404 g/mol. The predicted octanol–water partition coefficient (Wildman–Crippen LogP) is 5.42. The van der Waals surface area contributed by atoms with E-state index in [9.17, 15) is 4.79 Å². The van der Waals surface area contributed by atoms with E-state index < -0.39 is 0 Å². The molecule has 1 unspecified atom stereocenters. The Labute approximate surface area is 182 Å². The van der Waals surface area contributed by atoms with Crippen LogP contribution in [-0.4, -0.2) is 22.3 Å². The highest BCUT2D eigenvalue weighted by Crippen LogP contribution is 2.36. The van der Waals surface area contributed by atoms with E-state index in [0.717, 1.165) is 41.1 Å². The molecule has 0 bridgehead atoms. The van der Waals surface area contributed by atoms with Crippen LogP contribution < -0.4 is 10.1 Å². The van der Waals surface area contributed by atoms with Gasteiger partial charge in [-0.15, -0.1) is 0 Å². The van der Waals surface area contributed by atoms with Crippen molar-refractivity contribution in [2.45, 2.75) is 39.8 Å². The summed E-state index contributed by atoms with van der Waals surface area (Å²) in [6.07, 6.45) is 0.940. The minimum Gasteiger partial charge on any atom is -0.489 e. The molecule has 0 amide bonds. The zero-order valence-corrected chi connectivity index (χ0v) is 18.4. The van der Waals surface area contributed by atoms with Crippen molar-refractivity contribution in [3.05, 3.63) is 76.0 Å². The second kappa shape index (κ2) is 9.42. The van der Waals surface area contributed by atoms with E-state index >= 15 is 0 Å². The van der Waals surface area contributed by atoms with Gasteiger partial charge in [-0.3, -0.25) is 4.79 Å². The molecule has 2 aromatic carbocycles. The van der Waals surface area contributed by atoms with Gasteiger partial charge < -0.3 is 15.0 Å². The molecule has 1 aliphatic rings. The summed E-state index contributed by atoms with van der Waals surface area (Å²) >= 11 is 11.6. The molecule has 0 spiro atoms. The maximum Gasteiger partial charge on any atom is 0.173 e. The fourth-order valence-corrected chi connectivity index (χ4v) is 4.03. The van der Waals surface area contributed by atoms with Crippen molar-refractivity contribution < 1.29 is 9.53 Å². The van der Waals surface area contributed by atoms with Crippen LogP contribution in [0.1, 0.15) is 44.4 Å². The van der Waals surface area contributed by atoms with E-state index in [2.05, 4.69) is 12.2 Å². The number of allylic oxidation sites excluding steroid dienone is 1. The number of halogens is 1. The molecular formula is C23H25ClN2O2S. The number of rotatable bonds is 7. The van der Waals surface area contributed by atoms with Gasteiger partial charge >= 0.3 is 0 Å². The molecule has 0 fully saturated rings. The number of nitrogens with zero attached hydrogens (tertiary/aromatic N) is 1. The Balaban J connectivity index is 1.94. The number of Topliss-reactive ketones (excluding diaryl/α,β-unsaturated/α-hetero) is 1. The van der Waals surface area contributed by atoms with Gasteiger partial charge in [-0.1, -0.05) is 48.9 Å². The van der Waals surface area contributed by atoms with Crippen molar-refractivity contribution in [3.63, 3.8) is 0 Å². The van der Waals surface area contributed by atoms with E-state index in [-0.39, 0.29) is 11.8 Å². The fraction of sp³-hybridized carbons (Fsp3) is 0.304.